The monoisotopic (exact) mass is 190 g/mol. The summed E-state index contributed by atoms with van der Waals surface area (Å²) in [6.07, 6.45) is 2.14. The predicted octanol–water partition coefficient (Wildman–Crippen LogP) is 4.10. The topological polar surface area (TPSA) is 0 Å². The van der Waals surface area contributed by atoms with Crippen LogP contribution in [0.3, 0.4) is 0 Å². The lowest BCUT2D eigenvalue weighted by molar-refractivity contribution is -0.0800. The third kappa shape index (κ3) is 2.92. The van der Waals surface area contributed by atoms with E-state index in [0.29, 0.717) is 5.92 Å². The van der Waals surface area contributed by atoms with Crippen LogP contribution in [0.1, 0.15) is 46.5 Å². The van der Waals surface area contributed by atoms with Crippen LogP contribution in [0.2, 0.25) is 0 Å². The van der Waals surface area contributed by atoms with E-state index < -0.39 is 5.92 Å². The average Bonchev–Trinajstić information content (AvgIpc) is 2.01. The largest absolute Gasteiger partial charge is 0.248 e. The van der Waals surface area contributed by atoms with E-state index in [2.05, 4.69) is 13.8 Å². The molecule has 0 aromatic heterocycles. The zero-order valence-electron chi connectivity index (χ0n) is 8.82. The van der Waals surface area contributed by atoms with Gasteiger partial charge in [-0.1, -0.05) is 27.2 Å². The van der Waals surface area contributed by atoms with E-state index in [1.165, 1.54) is 0 Å². The Hall–Kier alpha value is -0.140. The van der Waals surface area contributed by atoms with Crippen LogP contribution in [0, 0.1) is 17.8 Å². The van der Waals surface area contributed by atoms with Crippen molar-refractivity contribution in [3.8, 4) is 0 Å². The van der Waals surface area contributed by atoms with Crippen molar-refractivity contribution in [1.82, 2.24) is 0 Å². The Bertz CT molecular complexity index is 163. The lowest BCUT2D eigenvalue weighted by atomic mass is 9.73. The van der Waals surface area contributed by atoms with Gasteiger partial charge >= 0.3 is 0 Å². The van der Waals surface area contributed by atoms with E-state index >= 15 is 0 Å². The van der Waals surface area contributed by atoms with Crippen LogP contribution in [0.15, 0.2) is 0 Å². The van der Waals surface area contributed by atoms with Crippen LogP contribution in [0.5, 0.6) is 0 Å². The van der Waals surface area contributed by atoms with Gasteiger partial charge in [0.2, 0.25) is 5.92 Å². The molecule has 0 nitrogen and oxygen atoms in total. The van der Waals surface area contributed by atoms with Gasteiger partial charge in [-0.3, -0.25) is 0 Å². The second kappa shape index (κ2) is 3.93. The molecule has 0 aromatic carbocycles. The van der Waals surface area contributed by atoms with E-state index in [1.54, 1.807) is 0 Å². The van der Waals surface area contributed by atoms with Gasteiger partial charge in [-0.05, 0) is 24.2 Å². The smallest absolute Gasteiger partial charge is 0.207 e. The Morgan fingerprint density at radius 2 is 1.92 bits per heavy atom. The zero-order chi connectivity index (χ0) is 10.1. The second-order valence-corrected chi connectivity index (χ2v) is 4.78. The molecule has 1 saturated carbocycles. The van der Waals surface area contributed by atoms with Crippen LogP contribution >= 0.6 is 0 Å². The molecule has 0 heterocycles. The van der Waals surface area contributed by atoms with E-state index in [-0.39, 0.29) is 24.7 Å². The van der Waals surface area contributed by atoms with Crippen LogP contribution < -0.4 is 0 Å². The molecule has 0 saturated heterocycles. The molecule has 0 aliphatic heterocycles. The average molecular weight is 190 g/mol. The highest BCUT2D eigenvalue weighted by molar-refractivity contribution is 4.84. The van der Waals surface area contributed by atoms with Crippen LogP contribution in [0.4, 0.5) is 8.78 Å². The molecule has 0 aromatic rings. The SMILES string of the molecule is CCC1CC(C(C)C)CC(F)(F)C1. The minimum atomic E-state index is -2.39. The first-order valence-corrected chi connectivity index (χ1v) is 5.32. The molecule has 1 rings (SSSR count). The summed E-state index contributed by atoms with van der Waals surface area (Å²) >= 11 is 0. The fraction of sp³-hybridized carbons (Fsp3) is 1.00. The van der Waals surface area contributed by atoms with Crippen molar-refractivity contribution in [2.45, 2.75) is 52.4 Å². The fourth-order valence-electron chi connectivity index (χ4n) is 2.30. The standard InChI is InChI=1S/C11H20F2/c1-4-9-5-10(8(2)3)7-11(12,13)6-9/h8-10H,4-7H2,1-3H3. The number of rotatable bonds is 2. The molecule has 1 aliphatic rings. The summed E-state index contributed by atoms with van der Waals surface area (Å²) in [6, 6.07) is 0. The molecule has 0 amide bonds. The van der Waals surface area contributed by atoms with Crippen molar-refractivity contribution >= 4 is 0 Å². The van der Waals surface area contributed by atoms with Gasteiger partial charge in [0.1, 0.15) is 0 Å². The Labute approximate surface area is 79.7 Å². The maximum Gasteiger partial charge on any atom is 0.248 e. The van der Waals surface area contributed by atoms with Crippen molar-refractivity contribution in [2.75, 3.05) is 0 Å². The molecule has 0 radical (unpaired) electrons. The summed E-state index contributed by atoms with van der Waals surface area (Å²) in [4.78, 5) is 0. The summed E-state index contributed by atoms with van der Waals surface area (Å²) in [5.74, 6) is -1.52. The molecule has 2 atom stereocenters. The number of hydrogen-bond donors (Lipinski definition) is 0. The maximum atomic E-state index is 13.3. The van der Waals surface area contributed by atoms with Gasteiger partial charge < -0.3 is 0 Å². The summed E-state index contributed by atoms with van der Waals surface area (Å²) in [6.45, 7) is 6.13. The first-order chi connectivity index (χ1) is 5.94. The van der Waals surface area contributed by atoms with Crippen molar-refractivity contribution in [3.63, 3.8) is 0 Å². The van der Waals surface area contributed by atoms with Gasteiger partial charge in [0.05, 0.1) is 0 Å². The molecule has 1 aliphatic carbocycles. The highest BCUT2D eigenvalue weighted by atomic mass is 19.3. The second-order valence-electron chi connectivity index (χ2n) is 4.78. The van der Waals surface area contributed by atoms with Crippen molar-refractivity contribution in [1.29, 1.82) is 0 Å². The summed E-state index contributed by atoms with van der Waals surface area (Å²) in [5.41, 5.74) is 0. The van der Waals surface area contributed by atoms with Crippen molar-refractivity contribution in [2.24, 2.45) is 17.8 Å². The van der Waals surface area contributed by atoms with Crippen molar-refractivity contribution < 1.29 is 8.78 Å². The predicted molar refractivity (Wildman–Crippen MR) is 50.9 cm³/mol. The first kappa shape index (κ1) is 10.9. The van der Waals surface area contributed by atoms with Crippen LogP contribution in [-0.2, 0) is 0 Å². The van der Waals surface area contributed by atoms with Gasteiger partial charge in [-0.25, -0.2) is 8.78 Å². The van der Waals surface area contributed by atoms with E-state index in [4.69, 9.17) is 0 Å². The van der Waals surface area contributed by atoms with Crippen LogP contribution in [0.25, 0.3) is 0 Å². The fourth-order valence-corrected chi connectivity index (χ4v) is 2.30. The minimum absolute atomic E-state index is 0.112. The van der Waals surface area contributed by atoms with E-state index in [0.717, 1.165) is 12.8 Å². The van der Waals surface area contributed by atoms with E-state index in [1.807, 2.05) is 6.92 Å². The molecular formula is C11H20F2. The Morgan fingerprint density at radius 1 is 1.31 bits per heavy atom. The molecule has 78 valence electrons. The minimum Gasteiger partial charge on any atom is -0.207 e. The first-order valence-electron chi connectivity index (χ1n) is 5.32. The van der Waals surface area contributed by atoms with E-state index in [9.17, 15) is 8.78 Å². The summed E-state index contributed by atoms with van der Waals surface area (Å²) in [5, 5.41) is 0. The molecule has 13 heavy (non-hydrogen) atoms. The Morgan fingerprint density at radius 3 is 2.38 bits per heavy atom. The Balaban J connectivity index is 2.60. The molecule has 2 heteroatoms. The highest BCUT2D eigenvalue weighted by Crippen LogP contribution is 2.43. The zero-order valence-corrected chi connectivity index (χ0v) is 8.82. The van der Waals surface area contributed by atoms with Crippen LogP contribution in [-0.4, -0.2) is 5.92 Å². The molecule has 0 N–H and O–H groups in total. The third-order valence-electron chi connectivity index (χ3n) is 3.30. The van der Waals surface area contributed by atoms with Gasteiger partial charge in [-0.2, -0.15) is 0 Å². The van der Waals surface area contributed by atoms with Crippen molar-refractivity contribution in [3.05, 3.63) is 0 Å². The third-order valence-corrected chi connectivity index (χ3v) is 3.30. The molecule has 1 fully saturated rings. The quantitative estimate of drug-likeness (QED) is 0.615. The lowest BCUT2D eigenvalue weighted by Gasteiger charge is -2.36. The number of hydrogen-bond acceptors (Lipinski definition) is 0. The van der Waals surface area contributed by atoms with Gasteiger partial charge in [-0.15, -0.1) is 0 Å². The molecular weight excluding hydrogens is 170 g/mol. The maximum absolute atomic E-state index is 13.3. The molecule has 2 unspecified atom stereocenters. The summed E-state index contributed by atoms with van der Waals surface area (Å²) < 4.78 is 26.5. The van der Waals surface area contributed by atoms with Gasteiger partial charge in [0.25, 0.3) is 0 Å². The van der Waals surface area contributed by atoms with Gasteiger partial charge in [0, 0.05) is 12.8 Å². The molecule has 0 spiro atoms. The highest BCUT2D eigenvalue weighted by Gasteiger charge is 2.41. The number of halogens is 2. The van der Waals surface area contributed by atoms with Gasteiger partial charge in [0.15, 0.2) is 0 Å². The normalized spacial score (nSPS) is 33.7. The molecule has 0 bridgehead atoms. The lowest BCUT2D eigenvalue weighted by Crippen LogP contribution is -2.33. The Kier molecular flexibility index (Phi) is 3.31. The summed E-state index contributed by atoms with van der Waals surface area (Å²) in [7, 11) is 0. The number of alkyl halides is 2.